The second-order valence-corrected chi connectivity index (χ2v) is 5.37. The van der Waals surface area contributed by atoms with E-state index in [4.69, 9.17) is 9.47 Å². The lowest BCUT2D eigenvalue weighted by Crippen LogP contribution is -2.34. The van der Waals surface area contributed by atoms with Gasteiger partial charge in [0.15, 0.2) is 23.0 Å². The zero-order chi connectivity index (χ0) is 17.4. The molecule has 138 valence electrons. The average Bonchev–Trinajstić information content (AvgIpc) is 2.60. The molecule has 0 saturated heterocycles. The van der Waals surface area contributed by atoms with Crippen molar-refractivity contribution in [1.29, 1.82) is 0 Å². The molecule has 4 N–H and O–H groups in total. The molecule has 0 aliphatic carbocycles. The minimum Gasteiger partial charge on any atom is -0.504 e. The van der Waals surface area contributed by atoms with Crippen molar-refractivity contribution in [2.24, 2.45) is 0 Å². The molecule has 0 amide bonds. The van der Waals surface area contributed by atoms with Gasteiger partial charge in [0.1, 0.15) is 0 Å². The van der Waals surface area contributed by atoms with Crippen LogP contribution in [0.25, 0.3) is 0 Å². The number of ether oxygens (including phenoxy) is 2. The van der Waals surface area contributed by atoms with E-state index in [-0.39, 0.29) is 23.9 Å². The van der Waals surface area contributed by atoms with Crippen LogP contribution in [0.15, 0.2) is 36.4 Å². The highest BCUT2D eigenvalue weighted by Crippen LogP contribution is 2.27. The van der Waals surface area contributed by atoms with Gasteiger partial charge in [-0.1, -0.05) is 12.1 Å². The van der Waals surface area contributed by atoms with Crippen LogP contribution in [0.5, 0.6) is 23.0 Å². The Hall–Kier alpha value is -2.15. The highest BCUT2D eigenvalue weighted by molar-refractivity contribution is 5.85. The summed E-state index contributed by atoms with van der Waals surface area (Å²) in [5.41, 5.74) is 8.50. The van der Waals surface area contributed by atoms with Crippen molar-refractivity contribution in [3.05, 3.63) is 47.5 Å². The molecule has 0 aliphatic rings. The van der Waals surface area contributed by atoms with Crippen molar-refractivity contribution in [3.8, 4) is 23.0 Å². The van der Waals surface area contributed by atoms with Gasteiger partial charge in [0.25, 0.3) is 0 Å². The normalized spacial score (nSPS) is 10.2. The summed E-state index contributed by atoms with van der Waals surface area (Å²) in [6.07, 6.45) is 1.63. The van der Waals surface area contributed by atoms with Crippen LogP contribution in [0.2, 0.25) is 0 Å². The molecule has 0 fully saturated rings. The molecule has 0 bridgehead atoms. The summed E-state index contributed by atoms with van der Waals surface area (Å²) < 4.78 is 10.2. The fourth-order valence-corrected chi connectivity index (χ4v) is 2.35. The van der Waals surface area contributed by atoms with Gasteiger partial charge >= 0.3 is 0 Å². The van der Waals surface area contributed by atoms with E-state index in [1.54, 1.807) is 12.1 Å². The summed E-state index contributed by atoms with van der Waals surface area (Å²) in [6.45, 7) is 1.51. The zero-order valence-electron chi connectivity index (χ0n) is 14.4. The van der Waals surface area contributed by atoms with Crippen LogP contribution in [0, 0.1) is 0 Å². The Morgan fingerprint density at radius 2 is 1.16 bits per heavy atom. The van der Waals surface area contributed by atoms with Crippen molar-refractivity contribution in [2.45, 2.75) is 12.8 Å². The molecule has 2 aromatic carbocycles. The molecule has 7 heteroatoms. The molecule has 0 unspecified atom stereocenters. The molecule has 2 aromatic rings. The first-order valence-electron chi connectivity index (χ1n) is 7.81. The van der Waals surface area contributed by atoms with E-state index in [9.17, 15) is 10.2 Å². The molecule has 0 aromatic heterocycles. The molecule has 0 spiro atoms. The van der Waals surface area contributed by atoms with Gasteiger partial charge in [0.2, 0.25) is 0 Å². The van der Waals surface area contributed by atoms with E-state index in [0.29, 0.717) is 11.5 Å². The number of hydrazine groups is 1. The molecular formula is C18H25ClN2O4. The first-order valence-corrected chi connectivity index (χ1v) is 7.81. The summed E-state index contributed by atoms with van der Waals surface area (Å²) in [4.78, 5) is 0. The van der Waals surface area contributed by atoms with E-state index < -0.39 is 0 Å². The third-order valence-corrected chi connectivity index (χ3v) is 3.69. The first-order chi connectivity index (χ1) is 11.6. The van der Waals surface area contributed by atoms with E-state index in [0.717, 1.165) is 37.1 Å². The Balaban J connectivity index is 0.00000312. The lowest BCUT2D eigenvalue weighted by atomic mass is 10.1. The van der Waals surface area contributed by atoms with Crippen LogP contribution in [0.3, 0.4) is 0 Å². The maximum atomic E-state index is 9.56. The van der Waals surface area contributed by atoms with Crippen LogP contribution in [-0.2, 0) is 12.8 Å². The van der Waals surface area contributed by atoms with Gasteiger partial charge in [-0.05, 0) is 48.2 Å². The molecule has 25 heavy (non-hydrogen) atoms. The SMILES string of the molecule is COc1cc(CCNNCCc2ccc(O)c(OC)c2)ccc1O.Cl. The molecule has 0 saturated carbocycles. The highest BCUT2D eigenvalue weighted by Gasteiger charge is 2.03. The predicted octanol–water partition coefficient (Wildman–Crippen LogP) is 2.42. The molecule has 0 atom stereocenters. The molecule has 2 rings (SSSR count). The number of rotatable bonds is 9. The topological polar surface area (TPSA) is 83.0 Å². The van der Waals surface area contributed by atoms with E-state index in [1.807, 2.05) is 24.3 Å². The van der Waals surface area contributed by atoms with Gasteiger partial charge in [-0.15, -0.1) is 12.4 Å². The summed E-state index contributed by atoms with van der Waals surface area (Å²) in [7, 11) is 3.08. The van der Waals surface area contributed by atoms with Gasteiger partial charge in [-0.25, -0.2) is 0 Å². The highest BCUT2D eigenvalue weighted by atomic mass is 35.5. The van der Waals surface area contributed by atoms with Gasteiger partial charge < -0.3 is 19.7 Å². The molecule has 6 nitrogen and oxygen atoms in total. The number of phenolic OH excluding ortho intramolecular Hbond substituents is 2. The second-order valence-electron chi connectivity index (χ2n) is 5.37. The van der Waals surface area contributed by atoms with Gasteiger partial charge in [0.05, 0.1) is 14.2 Å². The minimum absolute atomic E-state index is 0. The quantitative estimate of drug-likeness (QED) is 0.402. The standard InChI is InChI=1S/C18H24N2O4.ClH/c1-23-17-11-13(3-5-15(17)21)7-9-19-20-10-8-14-4-6-16(22)18(12-14)24-2;/h3-6,11-12,19-22H,7-10H2,1-2H3;1H. The monoisotopic (exact) mass is 368 g/mol. The lowest BCUT2D eigenvalue weighted by molar-refractivity contribution is 0.372. The number of hydrogen-bond acceptors (Lipinski definition) is 6. The van der Waals surface area contributed by atoms with Crippen LogP contribution < -0.4 is 20.3 Å². The lowest BCUT2D eigenvalue weighted by Gasteiger charge is -2.10. The van der Waals surface area contributed by atoms with Gasteiger partial charge in [-0.2, -0.15) is 0 Å². The van der Waals surface area contributed by atoms with Crippen molar-refractivity contribution >= 4 is 12.4 Å². The number of phenols is 2. The van der Waals surface area contributed by atoms with Crippen LogP contribution in [0.4, 0.5) is 0 Å². The fraction of sp³-hybridized carbons (Fsp3) is 0.333. The number of hydrogen-bond donors (Lipinski definition) is 4. The van der Waals surface area contributed by atoms with Gasteiger partial charge in [-0.3, -0.25) is 10.9 Å². The van der Waals surface area contributed by atoms with Crippen LogP contribution >= 0.6 is 12.4 Å². The second kappa shape index (κ2) is 10.7. The smallest absolute Gasteiger partial charge is 0.160 e. The van der Waals surface area contributed by atoms with E-state index in [1.165, 1.54) is 14.2 Å². The first kappa shape index (κ1) is 20.9. The van der Waals surface area contributed by atoms with Crippen LogP contribution in [-0.4, -0.2) is 37.5 Å². The Morgan fingerprint density at radius 3 is 1.52 bits per heavy atom. The summed E-state index contributed by atoms with van der Waals surface area (Å²) in [5, 5.41) is 19.1. The zero-order valence-corrected chi connectivity index (χ0v) is 15.2. The number of aromatic hydroxyl groups is 2. The van der Waals surface area contributed by atoms with Crippen molar-refractivity contribution < 1.29 is 19.7 Å². The third-order valence-electron chi connectivity index (χ3n) is 3.69. The minimum atomic E-state index is 0. The van der Waals surface area contributed by atoms with E-state index >= 15 is 0 Å². The molecule has 0 radical (unpaired) electrons. The summed E-state index contributed by atoms with van der Waals surface area (Å²) in [5.74, 6) is 1.27. The van der Waals surface area contributed by atoms with E-state index in [2.05, 4.69) is 10.9 Å². The van der Waals surface area contributed by atoms with Gasteiger partial charge in [0, 0.05) is 13.1 Å². The fourth-order valence-electron chi connectivity index (χ4n) is 2.35. The number of methoxy groups -OCH3 is 2. The number of halogens is 1. The van der Waals surface area contributed by atoms with Crippen LogP contribution in [0.1, 0.15) is 11.1 Å². The summed E-state index contributed by atoms with van der Waals surface area (Å²) in [6, 6.07) is 10.7. The Morgan fingerprint density at radius 1 is 0.760 bits per heavy atom. The largest absolute Gasteiger partial charge is 0.504 e. The van der Waals surface area contributed by atoms with Crippen molar-refractivity contribution in [3.63, 3.8) is 0 Å². The van der Waals surface area contributed by atoms with Crippen molar-refractivity contribution in [1.82, 2.24) is 10.9 Å². The molecular weight excluding hydrogens is 344 g/mol. The van der Waals surface area contributed by atoms with Crippen molar-refractivity contribution in [2.75, 3.05) is 27.3 Å². The number of benzene rings is 2. The number of nitrogens with one attached hydrogen (secondary N) is 2. The Kier molecular flexibility index (Phi) is 8.91. The maximum Gasteiger partial charge on any atom is 0.160 e. The third kappa shape index (κ3) is 6.34. The Labute approximate surface area is 154 Å². The molecule has 0 heterocycles. The average molecular weight is 369 g/mol. The maximum absolute atomic E-state index is 9.56. The predicted molar refractivity (Wildman–Crippen MR) is 100.0 cm³/mol. The Bertz CT molecular complexity index is 610. The summed E-state index contributed by atoms with van der Waals surface area (Å²) >= 11 is 0. The molecule has 0 aliphatic heterocycles.